The fourth-order valence-electron chi connectivity index (χ4n) is 2.13. The minimum Gasteiger partial charge on any atom is -0.378 e. The van der Waals surface area contributed by atoms with Gasteiger partial charge in [-0.3, -0.25) is 0 Å². The highest BCUT2D eigenvalue weighted by Gasteiger charge is 2.21. The molecule has 0 atom stereocenters. The molecule has 8 heteroatoms. The summed E-state index contributed by atoms with van der Waals surface area (Å²) in [5.41, 5.74) is 1.37. The monoisotopic (exact) mass is 282 g/mol. The van der Waals surface area contributed by atoms with Crippen LogP contribution in [0.1, 0.15) is 19.9 Å². The van der Waals surface area contributed by atoms with Crippen molar-refractivity contribution in [2.45, 2.75) is 19.9 Å². The van der Waals surface area contributed by atoms with E-state index in [1.165, 1.54) is 0 Å². The van der Waals surface area contributed by atoms with Gasteiger partial charge in [0, 0.05) is 13.1 Å². The van der Waals surface area contributed by atoms with Crippen molar-refractivity contribution in [3.05, 3.63) is 5.28 Å². The van der Waals surface area contributed by atoms with Crippen molar-refractivity contribution in [3.8, 4) is 0 Å². The molecule has 0 amide bonds. The Bertz CT molecular complexity index is 592. The highest BCUT2D eigenvalue weighted by atomic mass is 35.5. The Morgan fingerprint density at radius 1 is 1.21 bits per heavy atom. The second-order valence-corrected chi connectivity index (χ2v) is 5.05. The molecule has 2 aromatic heterocycles. The van der Waals surface area contributed by atoms with Gasteiger partial charge in [0.25, 0.3) is 0 Å². The molecule has 1 saturated heterocycles. The van der Waals surface area contributed by atoms with Crippen LogP contribution in [0.5, 0.6) is 0 Å². The van der Waals surface area contributed by atoms with Crippen molar-refractivity contribution in [1.29, 1.82) is 0 Å². The molecule has 0 radical (unpaired) electrons. The number of halogens is 1. The molecule has 3 rings (SSSR count). The first-order valence-corrected chi connectivity index (χ1v) is 6.65. The van der Waals surface area contributed by atoms with Crippen LogP contribution in [0.2, 0.25) is 5.28 Å². The molecule has 0 N–H and O–H groups in total. The van der Waals surface area contributed by atoms with Gasteiger partial charge in [-0.05, 0) is 25.4 Å². The predicted molar refractivity (Wildman–Crippen MR) is 71.5 cm³/mol. The zero-order valence-corrected chi connectivity index (χ0v) is 11.6. The van der Waals surface area contributed by atoms with Crippen molar-refractivity contribution in [1.82, 2.24) is 25.0 Å². The Labute approximate surface area is 115 Å². The molecule has 0 bridgehead atoms. The van der Waals surface area contributed by atoms with Crippen molar-refractivity contribution in [2.24, 2.45) is 0 Å². The van der Waals surface area contributed by atoms with E-state index in [0.29, 0.717) is 24.4 Å². The van der Waals surface area contributed by atoms with Crippen LogP contribution in [0, 0.1) is 0 Å². The third kappa shape index (κ3) is 2.23. The first kappa shape index (κ1) is 12.6. The quantitative estimate of drug-likeness (QED) is 0.773. The van der Waals surface area contributed by atoms with Gasteiger partial charge >= 0.3 is 0 Å². The standard InChI is InChI=1S/C11H15ClN6O/c1-7(2)18-10-8(15-16-18)9(13-11(12)14-10)17-3-5-19-6-4-17/h7H,3-6H2,1-2H3. The van der Waals surface area contributed by atoms with Crippen LogP contribution >= 0.6 is 11.6 Å². The van der Waals surface area contributed by atoms with E-state index in [0.717, 1.165) is 18.9 Å². The average Bonchev–Trinajstić information content (AvgIpc) is 2.82. The number of morpholine rings is 1. The van der Waals surface area contributed by atoms with Crippen molar-refractivity contribution < 1.29 is 4.74 Å². The highest BCUT2D eigenvalue weighted by Crippen LogP contribution is 2.25. The second kappa shape index (κ2) is 4.90. The van der Waals surface area contributed by atoms with E-state index in [9.17, 15) is 0 Å². The molecule has 0 aromatic carbocycles. The predicted octanol–water partition coefficient (Wildman–Crippen LogP) is 1.29. The first-order valence-electron chi connectivity index (χ1n) is 6.28. The molecule has 2 aromatic rings. The van der Waals surface area contributed by atoms with E-state index in [1.54, 1.807) is 4.68 Å². The Morgan fingerprint density at radius 2 is 1.95 bits per heavy atom. The average molecular weight is 283 g/mol. The molecule has 0 unspecified atom stereocenters. The Hall–Kier alpha value is -1.47. The zero-order valence-electron chi connectivity index (χ0n) is 10.9. The fraction of sp³-hybridized carbons (Fsp3) is 0.636. The van der Waals surface area contributed by atoms with Gasteiger partial charge in [0.05, 0.1) is 19.3 Å². The molecule has 7 nitrogen and oxygen atoms in total. The molecule has 0 saturated carbocycles. The third-order valence-electron chi connectivity index (χ3n) is 3.08. The number of nitrogens with zero attached hydrogens (tertiary/aromatic N) is 6. The Balaban J connectivity index is 2.13. The molecular formula is C11H15ClN6O. The number of rotatable bonds is 2. The minimum absolute atomic E-state index is 0.175. The Morgan fingerprint density at radius 3 is 2.63 bits per heavy atom. The summed E-state index contributed by atoms with van der Waals surface area (Å²) in [4.78, 5) is 10.7. The van der Waals surface area contributed by atoms with Crippen molar-refractivity contribution >= 4 is 28.6 Å². The largest absolute Gasteiger partial charge is 0.378 e. The van der Waals surface area contributed by atoms with Gasteiger partial charge in [-0.25, -0.2) is 4.68 Å². The topological polar surface area (TPSA) is 69.0 Å². The summed E-state index contributed by atoms with van der Waals surface area (Å²) in [6, 6.07) is 0.175. The summed E-state index contributed by atoms with van der Waals surface area (Å²) in [5.74, 6) is 0.741. The summed E-state index contributed by atoms with van der Waals surface area (Å²) < 4.78 is 7.10. The van der Waals surface area contributed by atoms with E-state index < -0.39 is 0 Å². The van der Waals surface area contributed by atoms with Gasteiger partial charge < -0.3 is 9.64 Å². The lowest BCUT2D eigenvalue weighted by Gasteiger charge is -2.27. The number of hydrogen-bond acceptors (Lipinski definition) is 6. The van der Waals surface area contributed by atoms with Crippen LogP contribution < -0.4 is 4.90 Å². The van der Waals surface area contributed by atoms with Crippen LogP contribution in [0.3, 0.4) is 0 Å². The van der Waals surface area contributed by atoms with Crippen molar-refractivity contribution in [2.75, 3.05) is 31.2 Å². The van der Waals surface area contributed by atoms with E-state index in [1.807, 2.05) is 13.8 Å². The minimum atomic E-state index is 0.175. The molecule has 102 valence electrons. The summed E-state index contributed by atoms with van der Waals surface area (Å²) in [6.07, 6.45) is 0. The maximum atomic E-state index is 6.03. The van der Waals surface area contributed by atoms with Crippen LogP contribution in [-0.2, 0) is 4.74 Å². The van der Waals surface area contributed by atoms with Crippen LogP contribution in [0.25, 0.3) is 11.2 Å². The Kier molecular flexibility index (Phi) is 3.24. The molecule has 3 heterocycles. The lowest BCUT2D eigenvalue weighted by atomic mass is 10.3. The summed E-state index contributed by atoms with van der Waals surface area (Å²) >= 11 is 6.03. The van der Waals surface area contributed by atoms with Crippen LogP contribution in [0.4, 0.5) is 5.82 Å². The van der Waals surface area contributed by atoms with E-state index in [-0.39, 0.29) is 11.3 Å². The normalized spacial score (nSPS) is 16.5. The molecule has 0 spiro atoms. The van der Waals surface area contributed by atoms with Gasteiger partial charge in [0.15, 0.2) is 17.0 Å². The molecule has 1 aliphatic rings. The SMILES string of the molecule is CC(C)n1nnc2c(N3CCOCC3)nc(Cl)nc21. The van der Waals surface area contributed by atoms with Gasteiger partial charge in [-0.1, -0.05) is 5.21 Å². The molecule has 1 aliphatic heterocycles. The second-order valence-electron chi connectivity index (χ2n) is 4.72. The van der Waals surface area contributed by atoms with Gasteiger partial charge in [0.2, 0.25) is 5.28 Å². The van der Waals surface area contributed by atoms with Gasteiger partial charge in [-0.2, -0.15) is 9.97 Å². The number of fused-ring (bicyclic) bond motifs is 1. The maximum Gasteiger partial charge on any atom is 0.226 e. The molecule has 0 aliphatic carbocycles. The molecule has 19 heavy (non-hydrogen) atoms. The lowest BCUT2D eigenvalue weighted by molar-refractivity contribution is 0.122. The van der Waals surface area contributed by atoms with Crippen molar-refractivity contribution in [3.63, 3.8) is 0 Å². The first-order chi connectivity index (χ1) is 9.16. The third-order valence-corrected chi connectivity index (χ3v) is 3.25. The summed E-state index contributed by atoms with van der Waals surface area (Å²) in [6.45, 7) is 6.97. The number of anilines is 1. The summed E-state index contributed by atoms with van der Waals surface area (Å²) in [5, 5.41) is 8.56. The molecule has 1 fully saturated rings. The van der Waals surface area contributed by atoms with E-state index in [4.69, 9.17) is 16.3 Å². The summed E-state index contributed by atoms with van der Waals surface area (Å²) in [7, 11) is 0. The van der Waals surface area contributed by atoms with E-state index >= 15 is 0 Å². The van der Waals surface area contributed by atoms with Crippen LogP contribution in [-0.4, -0.2) is 51.3 Å². The lowest BCUT2D eigenvalue weighted by Crippen LogP contribution is -2.37. The highest BCUT2D eigenvalue weighted by molar-refractivity contribution is 6.28. The molecular weight excluding hydrogens is 268 g/mol. The zero-order chi connectivity index (χ0) is 13.4. The number of ether oxygens (including phenoxy) is 1. The van der Waals surface area contributed by atoms with Gasteiger partial charge in [-0.15, -0.1) is 5.10 Å². The van der Waals surface area contributed by atoms with E-state index in [2.05, 4.69) is 25.2 Å². The fourth-order valence-corrected chi connectivity index (χ4v) is 2.29. The number of aromatic nitrogens is 5. The maximum absolute atomic E-state index is 6.03. The van der Waals surface area contributed by atoms with Crippen LogP contribution in [0.15, 0.2) is 0 Å². The smallest absolute Gasteiger partial charge is 0.226 e. The number of hydrogen-bond donors (Lipinski definition) is 0. The van der Waals surface area contributed by atoms with Gasteiger partial charge in [0.1, 0.15) is 0 Å².